The number of halogens is 2. The smallest absolute Gasteiger partial charge is 0.232 e. The zero-order valence-electron chi connectivity index (χ0n) is 15.7. The van der Waals surface area contributed by atoms with Crippen molar-refractivity contribution in [2.24, 2.45) is 0 Å². The Bertz CT molecular complexity index is 980. The molecule has 144 valence electrons. The van der Waals surface area contributed by atoms with Gasteiger partial charge in [-0.05, 0) is 48.7 Å². The van der Waals surface area contributed by atoms with Gasteiger partial charge in [-0.1, -0.05) is 71.2 Å². The molecule has 3 aromatic carbocycles. The fraction of sp³-hybridized carbons (Fsp3) is 0.174. The maximum atomic E-state index is 13.2. The summed E-state index contributed by atoms with van der Waals surface area (Å²) in [5, 5.41) is 14.4. The Kier molecular flexibility index (Phi) is 6.28. The van der Waals surface area contributed by atoms with Crippen LogP contribution in [0.5, 0.6) is 5.75 Å². The Balaban J connectivity index is 1.93. The molecule has 3 aromatic rings. The van der Waals surface area contributed by atoms with Gasteiger partial charge in [0.15, 0.2) is 0 Å². The van der Waals surface area contributed by atoms with Crippen molar-refractivity contribution in [3.8, 4) is 5.75 Å². The number of aryl methyl sites for hydroxylation is 2. The fourth-order valence-electron chi connectivity index (χ4n) is 3.26. The van der Waals surface area contributed by atoms with Gasteiger partial charge < -0.3 is 10.4 Å². The molecule has 0 aliphatic carbocycles. The molecule has 0 aromatic heterocycles. The molecule has 0 saturated heterocycles. The third-order valence-electron chi connectivity index (χ3n) is 4.71. The molecule has 3 rings (SSSR count). The SMILES string of the molecule is Cc1ccc(O)c(C(C(=O)NCc2c(C)cc(Cl)cc2Cl)c2ccccc2)c1. The van der Waals surface area contributed by atoms with E-state index in [0.29, 0.717) is 15.6 Å². The van der Waals surface area contributed by atoms with Crippen LogP contribution < -0.4 is 5.32 Å². The van der Waals surface area contributed by atoms with Crippen LogP contribution in [0.25, 0.3) is 0 Å². The topological polar surface area (TPSA) is 49.3 Å². The average Bonchev–Trinajstić information content (AvgIpc) is 2.65. The quantitative estimate of drug-likeness (QED) is 0.557. The summed E-state index contributed by atoms with van der Waals surface area (Å²) in [6.07, 6.45) is 0. The second kappa shape index (κ2) is 8.68. The van der Waals surface area contributed by atoms with E-state index in [4.69, 9.17) is 23.2 Å². The largest absolute Gasteiger partial charge is 0.508 e. The van der Waals surface area contributed by atoms with Gasteiger partial charge in [0, 0.05) is 22.2 Å². The van der Waals surface area contributed by atoms with Crippen LogP contribution >= 0.6 is 23.2 Å². The Labute approximate surface area is 174 Å². The van der Waals surface area contributed by atoms with Crippen molar-refractivity contribution in [1.82, 2.24) is 5.32 Å². The molecule has 2 N–H and O–H groups in total. The van der Waals surface area contributed by atoms with Gasteiger partial charge in [0.2, 0.25) is 5.91 Å². The van der Waals surface area contributed by atoms with Gasteiger partial charge in [-0.2, -0.15) is 0 Å². The molecular weight excluding hydrogens is 393 g/mol. The molecule has 3 nitrogen and oxygen atoms in total. The van der Waals surface area contributed by atoms with Crippen molar-refractivity contribution in [2.75, 3.05) is 0 Å². The number of carbonyl (C=O) groups is 1. The van der Waals surface area contributed by atoms with E-state index >= 15 is 0 Å². The van der Waals surface area contributed by atoms with E-state index < -0.39 is 5.92 Å². The summed E-state index contributed by atoms with van der Waals surface area (Å²) >= 11 is 12.3. The predicted molar refractivity (Wildman–Crippen MR) is 114 cm³/mol. The highest BCUT2D eigenvalue weighted by Crippen LogP contribution is 2.33. The summed E-state index contributed by atoms with van der Waals surface area (Å²) in [7, 11) is 0. The first kappa shape index (κ1) is 20.2. The van der Waals surface area contributed by atoms with Crippen molar-refractivity contribution in [3.05, 3.63) is 98.5 Å². The summed E-state index contributed by atoms with van der Waals surface area (Å²) in [5.74, 6) is -0.750. The first-order valence-corrected chi connectivity index (χ1v) is 9.69. The maximum Gasteiger partial charge on any atom is 0.232 e. The van der Waals surface area contributed by atoms with Crippen molar-refractivity contribution in [1.29, 1.82) is 0 Å². The number of nitrogens with one attached hydrogen (secondary N) is 1. The second-order valence-corrected chi connectivity index (χ2v) is 7.65. The van der Waals surface area contributed by atoms with Crippen molar-refractivity contribution in [3.63, 3.8) is 0 Å². The van der Waals surface area contributed by atoms with Crippen LogP contribution in [0.2, 0.25) is 10.0 Å². The van der Waals surface area contributed by atoms with Gasteiger partial charge >= 0.3 is 0 Å². The van der Waals surface area contributed by atoms with E-state index in [1.807, 2.05) is 62.4 Å². The van der Waals surface area contributed by atoms with E-state index in [1.54, 1.807) is 12.1 Å². The molecule has 1 unspecified atom stereocenters. The molecule has 0 radical (unpaired) electrons. The molecule has 5 heteroatoms. The third-order valence-corrected chi connectivity index (χ3v) is 5.27. The number of hydrogen-bond acceptors (Lipinski definition) is 2. The van der Waals surface area contributed by atoms with Crippen molar-refractivity contribution in [2.45, 2.75) is 26.3 Å². The van der Waals surface area contributed by atoms with Crippen LogP contribution in [-0.4, -0.2) is 11.0 Å². The van der Waals surface area contributed by atoms with Crippen LogP contribution in [0.1, 0.15) is 33.7 Å². The van der Waals surface area contributed by atoms with E-state index in [1.165, 1.54) is 0 Å². The summed E-state index contributed by atoms with van der Waals surface area (Å²) in [4.78, 5) is 13.2. The normalized spacial score (nSPS) is 11.9. The third kappa shape index (κ3) is 4.49. The van der Waals surface area contributed by atoms with Gasteiger partial charge in [-0.15, -0.1) is 0 Å². The van der Waals surface area contributed by atoms with Crippen molar-refractivity contribution >= 4 is 29.1 Å². The summed E-state index contributed by atoms with van der Waals surface area (Å²) in [5.41, 5.74) is 4.08. The van der Waals surface area contributed by atoms with E-state index in [2.05, 4.69) is 5.32 Å². The highest BCUT2D eigenvalue weighted by atomic mass is 35.5. The highest BCUT2D eigenvalue weighted by Gasteiger charge is 2.25. The molecule has 0 spiro atoms. The molecule has 0 heterocycles. The number of rotatable bonds is 5. The van der Waals surface area contributed by atoms with Crippen LogP contribution in [0, 0.1) is 13.8 Å². The lowest BCUT2D eigenvalue weighted by Crippen LogP contribution is -2.30. The first-order valence-electron chi connectivity index (χ1n) is 8.93. The molecule has 0 aliphatic rings. The molecule has 0 bridgehead atoms. The number of phenols is 1. The minimum atomic E-state index is -0.632. The number of benzene rings is 3. The fourth-order valence-corrected chi connectivity index (χ4v) is 3.92. The van der Waals surface area contributed by atoms with Crippen LogP contribution in [0.4, 0.5) is 0 Å². The Morgan fingerprint density at radius 2 is 1.75 bits per heavy atom. The van der Waals surface area contributed by atoms with Gasteiger partial charge in [0.25, 0.3) is 0 Å². The Morgan fingerprint density at radius 3 is 2.43 bits per heavy atom. The lowest BCUT2D eigenvalue weighted by molar-refractivity contribution is -0.121. The predicted octanol–water partition coefficient (Wildman–Crippen LogP) is 5.76. The summed E-state index contributed by atoms with van der Waals surface area (Å²) in [6.45, 7) is 4.11. The molecule has 1 atom stereocenters. The molecule has 0 aliphatic heterocycles. The molecule has 28 heavy (non-hydrogen) atoms. The minimum absolute atomic E-state index is 0.0929. The number of aromatic hydroxyl groups is 1. The molecule has 0 saturated carbocycles. The van der Waals surface area contributed by atoms with Crippen LogP contribution in [0.15, 0.2) is 60.7 Å². The zero-order valence-corrected chi connectivity index (χ0v) is 17.2. The highest BCUT2D eigenvalue weighted by molar-refractivity contribution is 6.35. The lowest BCUT2D eigenvalue weighted by Gasteiger charge is -2.20. The Morgan fingerprint density at radius 1 is 1.04 bits per heavy atom. The Hall–Kier alpha value is -2.49. The van der Waals surface area contributed by atoms with Crippen molar-refractivity contribution < 1.29 is 9.90 Å². The zero-order chi connectivity index (χ0) is 20.3. The minimum Gasteiger partial charge on any atom is -0.508 e. The number of amides is 1. The van der Waals surface area contributed by atoms with Gasteiger partial charge in [0.1, 0.15) is 5.75 Å². The number of carbonyl (C=O) groups excluding carboxylic acids is 1. The monoisotopic (exact) mass is 413 g/mol. The lowest BCUT2D eigenvalue weighted by atomic mass is 9.89. The molecular formula is C23H21Cl2NO2. The first-order chi connectivity index (χ1) is 13.4. The van der Waals surface area contributed by atoms with E-state index in [9.17, 15) is 9.90 Å². The van der Waals surface area contributed by atoms with Crippen LogP contribution in [0.3, 0.4) is 0 Å². The summed E-state index contributed by atoms with van der Waals surface area (Å²) < 4.78 is 0. The summed E-state index contributed by atoms with van der Waals surface area (Å²) in [6, 6.07) is 18.2. The van der Waals surface area contributed by atoms with Crippen LogP contribution in [-0.2, 0) is 11.3 Å². The van der Waals surface area contributed by atoms with Gasteiger partial charge in [0.05, 0.1) is 5.92 Å². The maximum absolute atomic E-state index is 13.2. The second-order valence-electron chi connectivity index (χ2n) is 6.81. The number of hydrogen-bond donors (Lipinski definition) is 2. The average molecular weight is 414 g/mol. The van der Waals surface area contributed by atoms with Gasteiger partial charge in [-0.25, -0.2) is 0 Å². The van der Waals surface area contributed by atoms with E-state index in [0.717, 1.165) is 22.3 Å². The molecule has 0 fully saturated rings. The number of phenolic OH excluding ortho intramolecular Hbond substituents is 1. The van der Waals surface area contributed by atoms with E-state index in [-0.39, 0.29) is 18.2 Å². The standard InChI is InChI=1S/C23H21Cl2NO2/c1-14-8-9-21(27)18(10-14)22(16-6-4-3-5-7-16)23(28)26-13-19-15(2)11-17(24)12-20(19)25/h3-12,22,27H,13H2,1-2H3,(H,26,28). The van der Waals surface area contributed by atoms with Gasteiger partial charge in [-0.3, -0.25) is 4.79 Å². The molecule has 1 amide bonds.